The molecule has 6 fully saturated rings. The van der Waals surface area contributed by atoms with E-state index in [0.717, 1.165) is 22.3 Å². The number of fused-ring (bicyclic) bond motifs is 9. The van der Waals surface area contributed by atoms with Crippen molar-refractivity contribution in [1.29, 1.82) is 0 Å². The molecule has 112 heavy (non-hydrogen) atoms. The van der Waals surface area contributed by atoms with Gasteiger partial charge in [-0.05, 0) is 266 Å². The van der Waals surface area contributed by atoms with Crippen LogP contribution >= 0.6 is 0 Å². The van der Waals surface area contributed by atoms with E-state index in [1.165, 1.54) is 210 Å². The van der Waals surface area contributed by atoms with Gasteiger partial charge >= 0.3 is 0 Å². The maximum atomic E-state index is 6.45. The van der Waals surface area contributed by atoms with Crippen LogP contribution in [-0.4, -0.2) is 46.8 Å². The van der Waals surface area contributed by atoms with Crippen molar-refractivity contribution < 1.29 is 8.83 Å². The van der Waals surface area contributed by atoms with Crippen molar-refractivity contribution in [2.24, 2.45) is 16.2 Å². The van der Waals surface area contributed by atoms with Gasteiger partial charge in [-0.25, -0.2) is 0 Å². The zero-order valence-corrected chi connectivity index (χ0v) is 72.1. The lowest BCUT2D eigenvalue weighted by Gasteiger charge is -2.41. The zero-order chi connectivity index (χ0) is 79.2. The summed E-state index contributed by atoms with van der Waals surface area (Å²) in [7, 11) is 0. The predicted molar refractivity (Wildman–Crippen MR) is 481 cm³/mol. The lowest BCUT2D eigenvalue weighted by Crippen LogP contribution is -2.44. The molecule has 2 aromatic heterocycles. The molecule has 0 radical (unpaired) electrons. The van der Waals surface area contributed by atoms with E-state index in [2.05, 4.69) is 351 Å². The minimum Gasteiger partial charge on any atom is -0.454 e. The molecule has 7 heterocycles. The van der Waals surface area contributed by atoms with Crippen molar-refractivity contribution in [1.82, 2.24) is 0 Å². The number of nitrogens with zero attached hydrogens (tertiary/aromatic N) is 5. The molecule has 7 nitrogen and oxygen atoms in total. The fraction of sp³-hybridized carbons (Fsp3) is 0.486. The third-order valence-electron chi connectivity index (χ3n) is 30.2. The monoisotopic (exact) mass is 1500 g/mol. The maximum absolute atomic E-state index is 6.45. The number of rotatable bonds is 5. The first kappa shape index (κ1) is 78.8. The molecule has 11 aromatic rings. The molecular formula is C105H133N5O2. The van der Waals surface area contributed by atoms with Crippen molar-refractivity contribution in [2.75, 3.05) is 24.5 Å². The van der Waals surface area contributed by atoms with Crippen LogP contribution in [0.4, 0.5) is 39.8 Å². The van der Waals surface area contributed by atoms with Gasteiger partial charge in [0.2, 0.25) is 0 Å². The van der Waals surface area contributed by atoms with Gasteiger partial charge in [0.25, 0.3) is 0 Å². The van der Waals surface area contributed by atoms with Gasteiger partial charge in [-0.2, -0.15) is 0 Å². The second-order valence-electron chi connectivity index (χ2n) is 39.3. The molecule has 3 saturated heterocycles. The maximum Gasteiger partial charge on any atom is 0.158 e. The molecule has 5 atom stereocenters. The van der Waals surface area contributed by atoms with E-state index >= 15 is 0 Å². The van der Waals surface area contributed by atoms with Gasteiger partial charge in [0.15, 0.2) is 11.2 Å². The van der Waals surface area contributed by atoms with Crippen molar-refractivity contribution >= 4 is 83.7 Å². The van der Waals surface area contributed by atoms with Crippen molar-refractivity contribution in [2.45, 2.75) is 312 Å². The SMILES string of the molecule is Cc1ccc2c(oc3ccccc32)c1N1[C@@H](C)C(C)(C)CC1(C)C.Cc1ccc2c(oc3ccccc32)c1N1[C@@H](C)C2(CCCCC2)CC1(C)C.Cc1ccccc1N1[C@@H](C)C2(CCCCC2)CC1(C)C.Cc1ccccc1N1c2ccccc2C(C)(C)[C@@H]1C.Cc1ccccc1N1c2ccccc2C2(CCCCC2)[C@@H]1C. The third-order valence-corrected chi connectivity index (χ3v) is 30.2. The number of furan rings is 2. The Balaban J connectivity index is 0.000000111. The van der Waals surface area contributed by atoms with Crippen LogP contribution in [0.15, 0.2) is 203 Å². The Bertz CT molecular complexity index is 5190. The smallest absolute Gasteiger partial charge is 0.158 e. The highest BCUT2D eigenvalue weighted by molar-refractivity contribution is 6.11. The van der Waals surface area contributed by atoms with Crippen LogP contribution in [0.25, 0.3) is 43.9 Å². The Labute approximate surface area is 673 Å². The number of aryl methyl sites for hydroxylation is 5. The summed E-state index contributed by atoms with van der Waals surface area (Å²) in [5.41, 5.74) is 25.8. The molecule has 19 rings (SSSR count). The minimum absolute atomic E-state index is 0.112. The molecule has 3 aliphatic carbocycles. The largest absolute Gasteiger partial charge is 0.454 e. The van der Waals surface area contributed by atoms with Crippen LogP contribution < -0.4 is 24.5 Å². The first-order valence-corrected chi connectivity index (χ1v) is 43.5. The Morgan fingerprint density at radius 1 is 0.286 bits per heavy atom. The number of anilines is 7. The summed E-state index contributed by atoms with van der Waals surface area (Å²) >= 11 is 0. The molecule has 0 N–H and O–H groups in total. The molecular weight excluding hydrogens is 1360 g/mol. The second kappa shape index (κ2) is 30.1. The highest BCUT2D eigenvalue weighted by Gasteiger charge is 2.57. The van der Waals surface area contributed by atoms with Gasteiger partial charge < -0.3 is 33.3 Å². The first-order valence-electron chi connectivity index (χ1n) is 43.5. The number of hydrogen-bond donors (Lipinski definition) is 0. The Morgan fingerprint density at radius 3 is 1.08 bits per heavy atom. The number of hydrogen-bond acceptors (Lipinski definition) is 7. The van der Waals surface area contributed by atoms with E-state index in [0.29, 0.717) is 46.5 Å². The van der Waals surface area contributed by atoms with E-state index in [1.54, 1.807) is 5.56 Å². The van der Waals surface area contributed by atoms with Gasteiger partial charge in [-0.1, -0.05) is 237 Å². The molecule has 590 valence electrons. The quantitative estimate of drug-likeness (QED) is 0.170. The average Bonchev–Trinajstić information content (AvgIpc) is 1.58. The molecule has 3 saturated carbocycles. The fourth-order valence-corrected chi connectivity index (χ4v) is 24.4. The third kappa shape index (κ3) is 13.6. The van der Waals surface area contributed by atoms with E-state index in [1.807, 2.05) is 6.07 Å². The van der Waals surface area contributed by atoms with Crippen LogP contribution in [0, 0.1) is 50.9 Å². The van der Waals surface area contributed by atoms with Gasteiger partial charge in [0, 0.05) is 108 Å². The summed E-state index contributed by atoms with van der Waals surface area (Å²) in [4.78, 5) is 13.2. The number of benzene rings is 9. The molecule has 9 aromatic carbocycles. The first-order chi connectivity index (χ1) is 53.4. The Hall–Kier alpha value is -8.42. The van der Waals surface area contributed by atoms with Crippen molar-refractivity contribution in [3.05, 3.63) is 233 Å². The topological polar surface area (TPSA) is 42.5 Å². The van der Waals surface area contributed by atoms with Gasteiger partial charge in [-0.15, -0.1) is 0 Å². The summed E-state index contributed by atoms with van der Waals surface area (Å²) in [6.45, 7) is 47.1. The van der Waals surface area contributed by atoms with Gasteiger partial charge in [-0.3, -0.25) is 0 Å². The standard InChI is InChI=1S/C25H31NO.C22H27NO.C21H25N.C19H29N.C18H21N/c1-17-12-13-20-19-10-6-7-11-21(19)27-23(20)22(17)26-18(2)25(16-24(26,3)4)14-8-5-9-15-25;1-14-11-12-17-16-9-7-8-10-18(16)24-20(17)19(14)23-15(2)21(3,4)13-22(23,5)6;1-16-10-4-6-12-19(16)22-17(2)21(14-8-3-9-15-21)18-11-5-7-13-20(18)22;1-15-10-6-7-11-17(15)20-16(2)19(14-18(20,3)4)12-8-5-9-13-19;1-13-9-5-7-11-16(13)19-14(2)18(3,4)15-10-6-8-12-17(15)19/h6-7,10-13,18H,5,8-9,14-16H2,1-4H3;7-12,15H,13H2,1-6H3;4-7,10-13,17H,3,8-9,14-15H2,1-2H3;6-7,10-11,16H,5,8-9,12-14H2,1-4H3;5-12,14H,1-4H3/t18-;15-;17-;16-;14-/m00000/s1. The van der Waals surface area contributed by atoms with Crippen molar-refractivity contribution in [3.8, 4) is 0 Å². The average molecular weight is 1500 g/mol. The van der Waals surface area contributed by atoms with E-state index in [9.17, 15) is 0 Å². The Kier molecular flexibility index (Phi) is 21.2. The normalized spacial score (nSPS) is 23.6. The van der Waals surface area contributed by atoms with Crippen LogP contribution in [0.5, 0.6) is 0 Å². The summed E-state index contributed by atoms with van der Waals surface area (Å²) < 4.78 is 12.8. The predicted octanol–water partition coefficient (Wildman–Crippen LogP) is 29.4. The zero-order valence-electron chi connectivity index (χ0n) is 72.1. The highest BCUT2D eigenvalue weighted by atomic mass is 16.3. The van der Waals surface area contributed by atoms with E-state index in [4.69, 9.17) is 8.83 Å². The molecule has 8 aliphatic rings. The number of para-hydroxylation sites is 7. The summed E-state index contributed by atoms with van der Waals surface area (Å²) in [6, 6.07) is 72.8. The Morgan fingerprint density at radius 2 is 0.634 bits per heavy atom. The van der Waals surface area contributed by atoms with E-state index < -0.39 is 0 Å². The molecule has 0 unspecified atom stereocenters. The van der Waals surface area contributed by atoms with Crippen LogP contribution in [0.3, 0.4) is 0 Å². The summed E-state index contributed by atoms with van der Waals surface area (Å²) in [5.74, 6) is 0. The van der Waals surface area contributed by atoms with E-state index in [-0.39, 0.29) is 27.4 Å². The van der Waals surface area contributed by atoms with Gasteiger partial charge in [0.05, 0.1) is 11.4 Å². The lowest BCUT2D eigenvalue weighted by molar-refractivity contribution is 0.170. The highest BCUT2D eigenvalue weighted by Crippen LogP contribution is 2.61. The lowest BCUT2D eigenvalue weighted by atomic mass is 9.67. The fourth-order valence-electron chi connectivity index (χ4n) is 24.4. The molecule has 3 spiro atoms. The van der Waals surface area contributed by atoms with Crippen LogP contribution in [-0.2, 0) is 10.8 Å². The summed E-state index contributed by atoms with van der Waals surface area (Å²) in [5, 5.41) is 4.90. The summed E-state index contributed by atoms with van der Waals surface area (Å²) in [6.07, 6.45) is 24.8. The molecule has 0 amide bonds. The molecule has 7 heteroatoms. The van der Waals surface area contributed by atoms with Crippen LogP contribution in [0.2, 0.25) is 0 Å². The minimum atomic E-state index is 0.112. The van der Waals surface area contributed by atoms with Crippen molar-refractivity contribution in [3.63, 3.8) is 0 Å². The van der Waals surface area contributed by atoms with Crippen LogP contribution in [0.1, 0.15) is 258 Å². The second-order valence-corrected chi connectivity index (χ2v) is 39.3. The molecule has 0 bridgehead atoms. The molecule has 5 aliphatic heterocycles. The van der Waals surface area contributed by atoms with Gasteiger partial charge in [0.1, 0.15) is 11.2 Å².